The smallest absolute Gasteiger partial charge is 0.253 e. The fraction of sp³-hybridized carbons (Fsp3) is 0.611. The Balaban J connectivity index is 1.69. The molecule has 1 amide bonds. The second kappa shape index (κ2) is 7.49. The molecular weight excluding hydrogens is 307 g/mol. The summed E-state index contributed by atoms with van der Waals surface area (Å²) >= 11 is 0. The first-order valence-corrected chi connectivity index (χ1v) is 8.85. The third-order valence-corrected chi connectivity index (χ3v) is 5.26. The quantitative estimate of drug-likeness (QED) is 0.903. The molecule has 3 rings (SSSR count). The monoisotopic (exact) mass is 334 g/mol. The van der Waals surface area contributed by atoms with Gasteiger partial charge in [-0.05, 0) is 37.7 Å². The Kier molecular flexibility index (Phi) is 5.36. The minimum absolute atomic E-state index is 0.107. The van der Waals surface area contributed by atoms with Gasteiger partial charge in [0.05, 0.1) is 5.69 Å². The highest BCUT2D eigenvalue weighted by atomic mass is 19.1. The van der Waals surface area contributed by atoms with E-state index in [9.17, 15) is 9.18 Å². The fourth-order valence-corrected chi connectivity index (χ4v) is 3.54. The number of rotatable bonds is 4. The van der Waals surface area contributed by atoms with E-state index >= 15 is 0 Å². The minimum atomic E-state index is -0.302. The summed E-state index contributed by atoms with van der Waals surface area (Å²) in [5.74, 6) is -0.409. The third-order valence-electron chi connectivity index (χ3n) is 5.26. The van der Waals surface area contributed by atoms with Gasteiger partial charge in [0.15, 0.2) is 0 Å². The van der Waals surface area contributed by atoms with Crippen LogP contribution < -0.4 is 10.2 Å². The van der Waals surface area contributed by atoms with Crippen molar-refractivity contribution in [3.8, 4) is 0 Å². The standard InChI is InChI=1S/C18H27FN4O/c1-3-22-8-10-23(11-9-22)17-5-4-14(12-16(17)19)18(24)21(2)15-6-7-20-13-15/h4-5,12,15,20H,3,6-11,13H2,1-2H3/t15-/m0/s1. The second-order valence-electron chi connectivity index (χ2n) is 6.65. The van der Waals surface area contributed by atoms with Gasteiger partial charge in [-0.25, -0.2) is 4.39 Å². The predicted octanol–water partition coefficient (Wildman–Crippen LogP) is 1.40. The number of hydrogen-bond acceptors (Lipinski definition) is 4. The molecule has 2 aliphatic rings. The van der Waals surface area contributed by atoms with Crippen molar-refractivity contribution in [3.05, 3.63) is 29.6 Å². The van der Waals surface area contributed by atoms with Gasteiger partial charge in [-0.3, -0.25) is 4.79 Å². The number of carbonyl (C=O) groups is 1. The molecule has 0 radical (unpaired) electrons. The topological polar surface area (TPSA) is 38.8 Å². The van der Waals surface area contributed by atoms with Crippen LogP contribution >= 0.6 is 0 Å². The first-order valence-electron chi connectivity index (χ1n) is 8.85. The minimum Gasteiger partial charge on any atom is -0.367 e. The second-order valence-corrected chi connectivity index (χ2v) is 6.65. The van der Waals surface area contributed by atoms with Gasteiger partial charge in [-0.2, -0.15) is 0 Å². The first kappa shape index (κ1) is 17.2. The van der Waals surface area contributed by atoms with Crippen molar-refractivity contribution >= 4 is 11.6 Å². The van der Waals surface area contributed by atoms with E-state index in [1.54, 1.807) is 24.1 Å². The Labute approximate surface area is 143 Å². The van der Waals surface area contributed by atoms with Crippen molar-refractivity contribution in [2.45, 2.75) is 19.4 Å². The maximum absolute atomic E-state index is 14.6. The summed E-state index contributed by atoms with van der Waals surface area (Å²) in [6.45, 7) is 8.47. The molecule has 1 aromatic carbocycles. The summed E-state index contributed by atoms with van der Waals surface area (Å²) in [4.78, 5) is 18.7. The highest BCUT2D eigenvalue weighted by molar-refractivity contribution is 5.94. The van der Waals surface area contributed by atoms with Gasteiger partial charge in [0.25, 0.3) is 5.91 Å². The van der Waals surface area contributed by atoms with Gasteiger partial charge in [0.2, 0.25) is 0 Å². The van der Waals surface area contributed by atoms with Gasteiger partial charge < -0.3 is 20.0 Å². The van der Waals surface area contributed by atoms with Gasteiger partial charge >= 0.3 is 0 Å². The number of hydrogen-bond donors (Lipinski definition) is 1. The molecule has 0 aromatic heterocycles. The van der Waals surface area contributed by atoms with E-state index < -0.39 is 0 Å². The molecule has 0 spiro atoms. The molecular formula is C18H27FN4O. The lowest BCUT2D eigenvalue weighted by molar-refractivity contribution is 0.0743. The van der Waals surface area contributed by atoms with E-state index in [4.69, 9.17) is 0 Å². The van der Waals surface area contributed by atoms with Crippen molar-refractivity contribution in [2.24, 2.45) is 0 Å². The molecule has 0 saturated carbocycles. The summed E-state index contributed by atoms with van der Waals surface area (Å²) in [7, 11) is 1.80. The largest absolute Gasteiger partial charge is 0.367 e. The van der Waals surface area contributed by atoms with Crippen LogP contribution in [0.4, 0.5) is 10.1 Å². The van der Waals surface area contributed by atoms with Crippen LogP contribution in [0.15, 0.2) is 18.2 Å². The average molecular weight is 334 g/mol. The number of anilines is 1. The van der Waals surface area contributed by atoms with E-state index in [0.29, 0.717) is 11.3 Å². The lowest BCUT2D eigenvalue weighted by Gasteiger charge is -2.35. The van der Waals surface area contributed by atoms with Crippen LogP contribution in [0.1, 0.15) is 23.7 Å². The number of halogens is 1. The molecule has 24 heavy (non-hydrogen) atoms. The van der Waals surface area contributed by atoms with Crippen LogP contribution in [0.25, 0.3) is 0 Å². The summed E-state index contributed by atoms with van der Waals surface area (Å²) < 4.78 is 14.6. The number of carbonyl (C=O) groups excluding carboxylic acids is 1. The zero-order chi connectivity index (χ0) is 17.1. The van der Waals surface area contributed by atoms with Crippen molar-refractivity contribution in [3.63, 3.8) is 0 Å². The fourth-order valence-electron chi connectivity index (χ4n) is 3.54. The van der Waals surface area contributed by atoms with Crippen molar-refractivity contribution in [1.29, 1.82) is 0 Å². The Morgan fingerprint density at radius 2 is 2.08 bits per heavy atom. The summed E-state index contributed by atoms with van der Waals surface area (Å²) in [5.41, 5.74) is 1.03. The Morgan fingerprint density at radius 3 is 2.67 bits per heavy atom. The summed E-state index contributed by atoms with van der Waals surface area (Å²) in [5, 5.41) is 3.25. The van der Waals surface area contributed by atoms with Crippen LogP contribution in [-0.4, -0.2) is 74.6 Å². The lowest BCUT2D eigenvalue weighted by Crippen LogP contribution is -2.46. The molecule has 1 atom stereocenters. The van der Waals surface area contributed by atoms with Crippen LogP contribution in [-0.2, 0) is 0 Å². The van der Waals surface area contributed by atoms with Gasteiger partial charge in [0.1, 0.15) is 5.82 Å². The molecule has 0 unspecified atom stereocenters. The Bertz CT molecular complexity index is 580. The van der Waals surface area contributed by atoms with Crippen LogP contribution in [0.3, 0.4) is 0 Å². The van der Waals surface area contributed by atoms with E-state index in [1.165, 1.54) is 6.07 Å². The van der Waals surface area contributed by atoms with E-state index in [2.05, 4.69) is 22.0 Å². The third kappa shape index (κ3) is 3.54. The molecule has 1 N–H and O–H groups in total. The predicted molar refractivity (Wildman–Crippen MR) is 94.1 cm³/mol. The number of benzene rings is 1. The molecule has 2 aliphatic heterocycles. The number of likely N-dealkylation sites (N-methyl/N-ethyl adjacent to an activating group) is 2. The molecule has 5 nitrogen and oxygen atoms in total. The van der Waals surface area contributed by atoms with E-state index in [1.807, 2.05) is 0 Å². The first-order chi connectivity index (χ1) is 11.6. The molecule has 2 saturated heterocycles. The highest BCUT2D eigenvalue weighted by Gasteiger charge is 2.25. The van der Waals surface area contributed by atoms with E-state index in [-0.39, 0.29) is 17.8 Å². The van der Waals surface area contributed by atoms with Crippen LogP contribution in [0, 0.1) is 5.82 Å². The van der Waals surface area contributed by atoms with Gasteiger partial charge in [-0.1, -0.05) is 6.92 Å². The number of piperazine rings is 1. The van der Waals surface area contributed by atoms with Gasteiger partial charge in [-0.15, -0.1) is 0 Å². The number of amides is 1. The molecule has 132 valence electrons. The molecule has 2 heterocycles. The van der Waals surface area contributed by atoms with Crippen LogP contribution in [0.5, 0.6) is 0 Å². The van der Waals surface area contributed by atoms with Crippen LogP contribution in [0.2, 0.25) is 0 Å². The Hall–Kier alpha value is -1.66. The number of nitrogens with one attached hydrogen (secondary N) is 1. The number of nitrogens with zero attached hydrogens (tertiary/aromatic N) is 3. The van der Waals surface area contributed by atoms with Crippen molar-refractivity contribution in [1.82, 2.24) is 15.1 Å². The zero-order valence-corrected chi connectivity index (χ0v) is 14.6. The van der Waals surface area contributed by atoms with Crippen molar-refractivity contribution < 1.29 is 9.18 Å². The molecule has 0 bridgehead atoms. The Morgan fingerprint density at radius 1 is 1.33 bits per heavy atom. The molecule has 0 aliphatic carbocycles. The van der Waals surface area contributed by atoms with Crippen molar-refractivity contribution in [2.75, 3.05) is 57.8 Å². The summed E-state index contributed by atoms with van der Waals surface area (Å²) in [6.07, 6.45) is 0.949. The maximum atomic E-state index is 14.6. The normalized spacial score (nSPS) is 22.0. The maximum Gasteiger partial charge on any atom is 0.253 e. The zero-order valence-electron chi connectivity index (χ0n) is 14.6. The molecule has 1 aromatic rings. The SMILES string of the molecule is CCN1CCN(c2ccc(C(=O)N(C)[C@H]3CCNC3)cc2F)CC1. The van der Waals surface area contributed by atoms with Gasteiger partial charge in [0, 0.05) is 51.4 Å². The van der Waals surface area contributed by atoms with E-state index in [0.717, 1.165) is 52.2 Å². The molecule has 2 fully saturated rings. The highest BCUT2D eigenvalue weighted by Crippen LogP contribution is 2.23. The lowest BCUT2D eigenvalue weighted by atomic mass is 10.1. The summed E-state index contributed by atoms with van der Waals surface area (Å²) in [6, 6.07) is 5.10. The average Bonchev–Trinajstić information content (AvgIpc) is 3.15. The molecule has 6 heteroatoms.